The van der Waals surface area contributed by atoms with Gasteiger partial charge in [-0.3, -0.25) is 0 Å². The average Bonchev–Trinajstić information content (AvgIpc) is 2.26. The van der Waals surface area contributed by atoms with Crippen LogP contribution in [0.4, 0.5) is 4.39 Å². The van der Waals surface area contributed by atoms with Crippen LogP contribution in [0.15, 0.2) is 18.2 Å². The van der Waals surface area contributed by atoms with E-state index in [4.69, 9.17) is 15.2 Å². The fraction of sp³-hybridized carbons (Fsp3) is 0.455. The molecule has 0 unspecified atom stereocenters. The maximum atomic E-state index is 12.8. The van der Waals surface area contributed by atoms with E-state index in [-0.39, 0.29) is 12.4 Å². The summed E-state index contributed by atoms with van der Waals surface area (Å²) in [6.07, 6.45) is 0.803. The number of ether oxygens (including phenoxy) is 2. The van der Waals surface area contributed by atoms with Crippen LogP contribution < -0.4 is 10.5 Å². The molecule has 1 aromatic carbocycles. The molecule has 0 fully saturated rings. The average molecular weight is 213 g/mol. The van der Waals surface area contributed by atoms with E-state index in [1.165, 1.54) is 12.1 Å². The first-order chi connectivity index (χ1) is 7.27. The van der Waals surface area contributed by atoms with Crippen LogP contribution in [0.3, 0.4) is 0 Å². The fourth-order valence-electron chi connectivity index (χ4n) is 1.23. The molecule has 0 saturated heterocycles. The minimum atomic E-state index is -0.292. The number of halogens is 1. The Hall–Kier alpha value is -1.13. The molecule has 0 radical (unpaired) electrons. The number of nitrogens with two attached hydrogens (primary N) is 1. The van der Waals surface area contributed by atoms with Crippen molar-refractivity contribution in [3.05, 3.63) is 29.6 Å². The second kappa shape index (κ2) is 6.37. The van der Waals surface area contributed by atoms with Gasteiger partial charge < -0.3 is 15.2 Å². The highest BCUT2D eigenvalue weighted by atomic mass is 19.1. The normalized spacial score (nSPS) is 10.3. The number of methoxy groups -OCH3 is 1. The van der Waals surface area contributed by atoms with Crippen LogP contribution in [0.25, 0.3) is 0 Å². The van der Waals surface area contributed by atoms with Gasteiger partial charge in [-0.1, -0.05) is 0 Å². The SMILES string of the molecule is COCCCOc1ccc(F)cc1CN. The molecule has 15 heavy (non-hydrogen) atoms. The van der Waals surface area contributed by atoms with Crippen LogP contribution in [-0.2, 0) is 11.3 Å². The number of rotatable bonds is 6. The Bertz CT molecular complexity index is 305. The van der Waals surface area contributed by atoms with E-state index in [2.05, 4.69) is 0 Å². The summed E-state index contributed by atoms with van der Waals surface area (Å²) in [6, 6.07) is 4.36. The van der Waals surface area contributed by atoms with Crippen molar-refractivity contribution in [2.24, 2.45) is 5.73 Å². The molecule has 0 aliphatic rings. The molecule has 0 aliphatic carbocycles. The summed E-state index contributed by atoms with van der Waals surface area (Å²) in [5, 5.41) is 0. The first kappa shape index (κ1) is 11.9. The maximum absolute atomic E-state index is 12.8. The Kier molecular flexibility index (Phi) is 5.07. The number of benzene rings is 1. The van der Waals surface area contributed by atoms with Crippen LogP contribution in [-0.4, -0.2) is 20.3 Å². The van der Waals surface area contributed by atoms with Crippen molar-refractivity contribution in [2.75, 3.05) is 20.3 Å². The molecule has 3 nitrogen and oxygen atoms in total. The van der Waals surface area contributed by atoms with Gasteiger partial charge in [-0.2, -0.15) is 0 Å². The molecular weight excluding hydrogens is 197 g/mol. The lowest BCUT2D eigenvalue weighted by atomic mass is 10.2. The summed E-state index contributed by atoms with van der Waals surface area (Å²) in [4.78, 5) is 0. The summed E-state index contributed by atoms with van der Waals surface area (Å²) in [5.41, 5.74) is 6.17. The van der Waals surface area contributed by atoms with Gasteiger partial charge in [-0.25, -0.2) is 4.39 Å². The van der Waals surface area contributed by atoms with Gasteiger partial charge in [0.15, 0.2) is 0 Å². The molecule has 0 bridgehead atoms. The summed E-state index contributed by atoms with van der Waals surface area (Å²) in [5.74, 6) is 0.356. The zero-order valence-corrected chi connectivity index (χ0v) is 8.83. The zero-order valence-electron chi connectivity index (χ0n) is 8.83. The first-order valence-electron chi connectivity index (χ1n) is 4.88. The monoisotopic (exact) mass is 213 g/mol. The molecule has 0 atom stereocenters. The third-order valence-electron chi connectivity index (χ3n) is 1.99. The van der Waals surface area contributed by atoms with Crippen LogP contribution >= 0.6 is 0 Å². The minimum absolute atomic E-state index is 0.275. The van der Waals surface area contributed by atoms with E-state index in [1.807, 2.05) is 0 Å². The van der Waals surface area contributed by atoms with Gasteiger partial charge in [-0.05, 0) is 18.2 Å². The molecule has 84 valence electrons. The molecule has 0 aromatic heterocycles. The first-order valence-corrected chi connectivity index (χ1v) is 4.88. The van der Waals surface area contributed by atoms with Crippen molar-refractivity contribution in [1.29, 1.82) is 0 Å². The standard InChI is InChI=1S/C11H16FNO2/c1-14-5-2-6-15-11-4-3-10(12)7-9(11)8-13/h3-4,7H,2,5-6,8,13H2,1H3. The molecule has 0 aliphatic heterocycles. The Balaban J connectivity index is 2.52. The van der Waals surface area contributed by atoms with Crippen molar-refractivity contribution in [3.8, 4) is 5.75 Å². The van der Waals surface area contributed by atoms with E-state index >= 15 is 0 Å². The van der Waals surface area contributed by atoms with Crippen LogP contribution in [0.1, 0.15) is 12.0 Å². The number of hydrogen-bond acceptors (Lipinski definition) is 3. The topological polar surface area (TPSA) is 44.5 Å². The highest BCUT2D eigenvalue weighted by Gasteiger charge is 2.03. The van der Waals surface area contributed by atoms with Crippen molar-refractivity contribution in [3.63, 3.8) is 0 Å². The van der Waals surface area contributed by atoms with Crippen molar-refractivity contribution < 1.29 is 13.9 Å². The van der Waals surface area contributed by atoms with Gasteiger partial charge >= 0.3 is 0 Å². The van der Waals surface area contributed by atoms with Gasteiger partial charge in [-0.15, -0.1) is 0 Å². The third-order valence-corrected chi connectivity index (χ3v) is 1.99. The molecule has 2 N–H and O–H groups in total. The fourth-order valence-corrected chi connectivity index (χ4v) is 1.23. The smallest absolute Gasteiger partial charge is 0.123 e. The lowest BCUT2D eigenvalue weighted by Crippen LogP contribution is -2.06. The number of hydrogen-bond donors (Lipinski definition) is 1. The highest BCUT2D eigenvalue weighted by Crippen LogP contribution is 2.19. The predicted molar refractivity (Wildman–Crippen MR) is 56.3 cm³/mol. The summed E-state index contributed by atoms with van der Waals surface area (Å²) in [6.45, 7) is 1.48. The Labute approximate surface area is 89.0 Å². The minimum Gasteiger partial charge on any atom is -0.493 e. The molecule has 0 amide bonds. The van der Waals surface area contributed by atoms with Crippen molar-refractivity contribution >= 4 is 0 Å². The lowest BCUT2D eigenvalue weighted by Gasteiger charge is -2.09. The Morgan fingerprint density at radius 1 is 1.33 bits per heavy atom. The van der Waals surface area contributed by atoms with Crippen LogP contribution in [0, 0.1) is 5.82 Å². The molecular formula is C11H16FNO2. The largest absolute Gasteiger partial charge is 0.493 e. The van der Waals surface area contributed by atoms with Gasteiger partial charge in [0.25, 0.3) is 0 Å². The summed E-state index contributed by atoms with van der Waals surface area (Å²) >= 11 is 0. The van der Waals surface area contributed by atoms with Gasteiger partial charge in [0.1, 0.15) is 11.6 Å². The third kappa shape index (κ3) is 3.85. The van der Waals surface area contributed by atoms with E-state index in [0.717, 1.165) is 6.42 Å². The van der Waals surface area contributed by atoms with Gasteiger partial charge in [0.2, 0.25) is 0 Å². The second-order valence-corrected chi connectivity index (χ2v) is 3.15. The molecule has 4 heteroatoms. The summed E-state index contributed by atoms with van der Waals surface area (Å²) < 4.78 is 23.2. The van der Waals surface area contributed by atoms with E-state index in [1.54, 1.807) is 13.2 Å². The van der Waals surface area contributed by atoms with Gasteiger partial charge in [0.05, 0.1) is 6.61 Å². The molecule has 0 saturated carbocycles. The second-order valence-electron chi connectivity index (χ2n) is 3.15. The molecule has 1 rings (SSSR count). The summed E-state index contributed by atoms with van der Waals surface area (Å²) in [7, 11) is 1.64. The molecule has 0 heterocycles. The quantitative estimate of drug-likeness (QED) is 0.731. The Morgan fingerprint density at radius 2 is 2.13 bits per heavy atom. The maximum Gasteiger partial charge on any atom is 0.123 e. The highest BCUT2D eigenvalue weighted by molar-refractivity contribution is 5.33. The molecule has 1 aromatic rings. The molecule has 0 spiro atoms. The predicted octanol–water partition coefficient (Wildman–Crippen LogP) is 1.70. The van der Waals surface area contributed by atoms with Crippen molar-refractivity contribution in [1.82, 2.24) is 0 Å². The Morgan fingerprint density at radius 3 is 2.80 bits per heavy atom. The van der Waals surface area contributed by atoms with Crippen LogP contribution in [0.2, 0.25) is 0 Å². The van der Waals surface area contributed by atoms with Crippen molar-refractivity contribution in [2.45, 2.75) is 13.0 Å². The van der Waals surface area contributed by atoms with Crippen LogP contribution in [0.5, 0.6) is 5.75 Å². The zero-order chi connectivity index (χ0) is 11.1. The van der Waals surface area contributed by atoms with E-state index in [0.29, 0.717) is 24.5 Å². The van der Waals surface area contributed by atoms with E-state index < -0.39 is 0 Å². The van der Waals surface area contributed by atoms with Gasteiger partial charge in [0, 0.05) is 32.2 Å². The van der Waals surface area contributed by atoms with E-state index in [9.17, 15) is 4.39 Å². The lowest BCUT2D eigenvalue weighted by molar-refractivity contribution is 0.172.